The molecule has 25 heavy (non-hydrogen) atoms. The normalized spacial score (nSPS) is 18.0. The molecular weight excluding hydrogens is 354 g/mol. The molecule has 1 aromatic rings. The van der Waals surface area contributed by atoms with Crippen LogP contribution in [0.15, 0.2) is 65.3 Å². The van der Waals surface area contributed by atoms with Crippen molar-refractivity contribution in [3.8, 4) is 5.75 Å². The van der Waals surface area contributed by atoms with Gasteiger partial charge in [-0.2, -0.15) is 8.42 Å². The lowest BCUT2D eigenvalue weighted by molar-refractivity contribution is 0.492. The number of allylic oxidation sites excluding steroid dienone is 5. The molecule has 132 valence electrons. The first-order valence-corrected chi connectivity index (χ1v) is 10.8. The summed E-state index contributed by atoms with van der Waals surface area (Å²) >= 11 is 1.80. The van der Waals surface area contributed by atoms with Crippen LogP contribution in [-0.4, -0.2) is 27.5 Å². The van der Waals surface area contributed by atoms with Gasteiger partial charge in [-0.05, 0) is 48.3 Å². The Morgan fingerprint density at radius 2 is 2.08 bits per heavy atom. The fourth-order valence-electron chi connectivity index (χ4n) is 2.94. The maximum Gasteiger partial charge on any atom is 0.306 e. The zero-order valence-corrected chi connectivity index (χ0v) is 16.0. The van der Waals surface area contributed by atoms with Crippen molar-refractivity contribution in [2.75, 3.05) is 24.0 Å². The average Bonchev–Trinajstić information content (AvgIpc) is 2.75. The molecule has 1 heterocycles. The third-order valence-electron chi connectivity index (χ3n) is 4.16. The largest absolute Gasteiger partial charge is 0.383 e. The van der Waals surface area contributed by atoms with E-state index in [1.165, 1.54) is 10.5 Å². The van der Waals surface area contributed by atoms with Gasteiger partial charge < -0.3 is 9.08 Å². The quantitative estimate of drug-likeness (QED) is 0.730. The number of likely N-dealkylation sites (N-methyl/N-ethyl adjacent to an activating group) is 1. The Kier molecular flexibility index (Phi) is 5.11. The Bertz CT molecular complexity index is 895. The van der Waals surface area contributed by atoms with E-state index < -0.39 is 10.1 Å². The van der Waals surface area contributed by atoms with Gasteiger partial charge in [0, 0.05) is 29.1 Å². The summed E-state index contributed by atoms with van der Waals surface area (Å²) in [6.45, 7) is 4.31. The number of hydrogen-bond acceptors (Lipinski definition) is 5. The van der Waals surface area contributed by atoms with E-state index in [2.05, 4.69) is 35.8 Å². The molecule has 0 fully saturated rings. The van der Waals surface area contributed by atoms with E-state index in [1.54, 1.807) is 17.8 Å². The van der Waals surface area contributed by atoms with E-state index in [0.717, 1.165) is 41.8 Å². The highest BCUT2D eigenvalue weighted by molar-refractivity contribution is 8.03. The second-order valence-electron chi connectivity index (χ2n) is 6.02. The molecule has 0 radical (unpaired) electrons. The Hall–Kier alpha value is -1.92. The van der Waals surface area contributed by atoms with Gasteiger partial charge in [-0.1, -0.05) is 24.8 Å². The lowest BCUT2D eigenvalue weighted by atomic mass is 10.1. The Morgan fingerprint density at radius 3 is 2.84 bits per heavy atom. The minimum Gasteiger partial charge on any atom is -0.383 e. The van der Waals surface area contributed by atoms with Gasteiger partial charge in [0.2, 0.25) is 0 Å². The van der Waals surface area contributed by atoms with Gasteiger partial charge in [0.15, 0.2) is 0 Å². The molecule has 0 saturated heterocycles. The van der Waals surface area contributed by atoms with Crippen LogP contribution in [0, 0.1) is 0 Å². The first-order valence-electron chi connectivity index (χ1n) is 8.00. The first-order chi connectivity index (χ1) is 11.8. The number of anilines is 1. The van der Waals surface area contributed by atoms with Gasteiger partial charge in [0.05, 0.1) is 6.26 Å². The van der Waals surface area contributed by atoms with Gasteiger partial charge in [0.1, 0.15) is 5.75 Å². The Balaban J connectivity index is 1.99. The molecule has 0 saturated carbocycles. The number of fused-ring (bicyclic) bond motifs is 1. The van der Waals surface area contributed by atoms with Crippen molar-refractivity contribution in [3.05, 3.63) is 70.8 Å². The van der Waals surface area contributed by atoms with E-state index in [0.29, 0.717) is 5.75 Å². The monoisotopic (exact) mass is 375 g/mol. The topological polar surface area (TPSA) is 46.6 Å². The van der Waals surface area contributed by atoms with E-state index in [-0.39, 0.29) is 0 Å². The predicted octanol–water partition coefficient (Wildman–Crippen LogP) is 4.03. The second-order valence-corrected chi connectivity index (χ2v) is 8.73. The Labute approximate surface area is 153 Å². The Morgan fingerprint density at radius 1 is 1.28 bits per heavy atom. The maximum absolute atomic E-state index is 11.4. The molecule has 0 N–H and O–H groups in total. The van der Waals surface area contributed by atoms with Gasteiger partial charge in [-0.3, -0.25) is 0 Å². The fraction of sp³-hybridized carbons (Fsp3) is 0.263. The maximum atomic E-state index is 11.4. The molecule has 1 aliphatic heterocycles. The van der Waals surface area contributed by atoms with E-state index in [9.17, 15) is 8.42 Å². The van der Waals surface area contributed by atoms with Gasteiger partial charge in [0.25, 0.3) is 0 Å². The highest BCUT2D eigenvalue weighted by Crippen LogP contribution is 2.37. The van der Waals surface area contributed by atoms with Crippen LogP contribution in [0.3, 0.4) is 0 Å². The minimum absolute atomic E-state index is 0.349. The summed E-state index contributed by atoms with van der Waals surface area (Å²) in [6.07, 6.45) is 11.1. The highest BCUT2D eigenvalue weighted by atomic mass is 32.2. The molecule has 1 aromatic carbocycles. The molecule has 0 amide bonds. The van der Waals surface area contributed by atoms with Crippen molar-refractivity contribution < 1.29 is 12.6 Å². The molecular formula is C19H21NO3S2. The standard InChI is InChI=1S/C19H21NO3S2/c1-14-17-7-5-4-6-8-19(17)24-12-11-15-13-16(23-25(3,21)22)9-10-18(15)20(14)2/h4-6,8-10,13H,1,7,11-12H2,2-3H3. The van der Waals surface area contributed by atoms with Crippen LogP contribution in [-0.2, 0) is 16.5 Å². The average molecular weight is 376 g/mol. The fourth-order valence-corrected chi connectivity index (χ4v) is 4.48. The summed E-state index contributed by atoms with van der Waals surface area (Å²) < 4.78 is 27.8. The summed E-state index contributed by atoms with van der Waals surface area (Å²) in [5.41, 5.74) is 4.26. The number of aryl methyl sites for hydroxylation is 1. The molecule has 0 bridgehead atoms. The van der Waals surface area contributed by atoms with E-state index in [1.807, 2.05) is 19.2 Å². The van der Waals surface area contributed by atoms with Crippen LogP contribution >= 0.6 is 11.8 Å². The molecule has 0 atom stereocenters. The third kappa shape index (κ3) is 4.19. The zero-order valence-electron chi connectivity index (χ0n) is 14.4. The smallest absolute Gasteiger partial charge is 0.306 e. The number of hydrogen-bond donors (Lipinski definition) is 0. The van der Waals surface area contributed by atoms with E-state index >= 15 is 0 Å². The van der Waals surface area contributed by atoms with Crippen molar-refractivity contribution in [3.63, 3.8) is 0 Å². The molecule has 3 rings (SSSR count). The lowest BCUT2D eigenvalue weighted by Crippen LogP contribution is -2.19. The lowest BCUT2D eigenvalue weighted by Gasteiger charge is -2.26. The molecule has 0 unspecified atom stereocenters. The second kappa shape index (κ2) is 7.14. The summed E-state index contributed by atoms with van der Waals surface area (Å²) in [6, 6.07) is 5.41. The molecule has 0 spiro atoms. The van der Waals surface area contributed by atoms with Crippen LogP contribution in [0.5, 0.6) is 5.75 Å². The number of thioether (sulfide) groups is 1. The summed E-state index contributed by atoms with van der Waals surface area (Å²) in [5.74, 6) is 1.25. The summed E-state index contributed by atoms with van der Waals surface area (Å²) in [7, 11) is -1.54. The van der Waals surface area contributed by atoms with Crippen molar-refractivity contribution in [2.45, 2.75) is 12.8 Å². The van der Waals surface area contributed by atoms with Crippen molar-refractivity contribution in [2.24, 2.45) is 0 Å². The molecule has 2 aliphatic rings. The number of nitrogens with zero attached hydrogens (tertiary/aromatic N) is 1. The number of rotatable bonds is 2. The highest BCUT2D eigenvalue weighted by Gasteiger charge is 2.20. The van der Waals surface area contributed by atoms with Crippen LogP contribution in [0.25, 0.3) is 0 Å². The van der Waals surface area contributed by atoms with Crippen LogP contribution < -0.4 is 9.08 Å². The summed E-state index contributed by atoms with van der Waals surface area (Å²) in [4.78, 5) is 3.32. The van der Waals surface area contributed by atoms with Crippen LogP contribution in [0.2, 0.25) is 0 Å². The van der Waals surface area contributed by atoms with Gasteiger partial charge in [-0.25, -0.2) is 0 Å². The molecule has 0 aromatic heterocycles. The number of benzene rings is 1. The van der Waals surface area contributed by atoms with Crippen LogP contribution in [0.1, 0.15) is 12.0 Å². The molecule has 1 aliphatic carbocycles. The van der Waals surface area contributed by atoms with Gasteiger partial charge >= 0.3 is 10.1 Å². The van der Waals surface area contributed by atoms with E-state index in [4.69, 9.17) is 4.18 Å². The van der Waals surface area contributed by atoms with Crippen molar-refractivity contribution in [1.82, 2.24) is 0 Å². The van der Waals surface area contributed by atoms with Crippen LogP contribution in [0.4, 0.5) is 5.69 Å². The SMILES string of the molecule is C=C1C2=C(C=CC=CC2)SCCc2cc(OS(C)(=O)=O)ccc2N1C. The third-order valence-corrected chi connectivity index (χ3v) is 5.75. The zero-order chi connectivity index (χ0) is 18.0. The van der Waals surface area contributed by atoms with Gasteiger partial charge in [-0.15, -0.1) is 11.8 Å². The van der Waals surface area contributed by atoms with Crippen molar-refractivity contribution in [1.29, 1.82) is 0 Å². The van der Waals surface area contributed by atoms with Crippen molar-refractivity contribution >= 4 is 27.6 Å². The minimum atomic E-state index is -3.53. The predicted molar refractivity (Wildman–Crippen MR) is 106 cm³/mol. The summed E-state index contributed by atoms with van der Waals surface area (Å²) in [5, 5.41) is 0. The first kappa shape index (κ1) is 17.9. The molecule has 6 heteroatoms. The molecule has 4 nitrogen and oxygen atoms in total.